The van der Waals surface area contributed by atoms with Gasteiger partial charge in [0.2, 0.25) is 0 Å². The molecule has 38 heavy (non-hydrogen) atoms. The molecule has 2 bridgehead atoms. The number of phenols is 1. The van der Waals surface area contributed by atoms with Crippen LogP contribution in [-0.2, 0) is 0 Å². The van der Waals surface area contributed by atoms with Crippen molar-refractivity contribution >= 4 is 5.82 Å². The van der Waals surface area contributed by atoms with Crippen LogP contribution in [-0.4, -0.2) is 73.0 Å². The summed E-state index contributed by atoms with van der Waals surface area (Å²) in [4.78, 5) is 6.64. The summed E-state index contributed by atoms with van der Waals surface area (Å²) in [5.74, 6) is 1.75. The van der Waals surface area contributed by atoms with Crippen LogP contribution in [0.1, 0.15) is 46.0 Å². The van der Waals surface area contributed by atoms with Crippen molar-refractivity contribution < 1.29 is 19.0 Å². The number of nitrogens with one attached hydrogen (secondary N) is 1. The Labute approximate surface area is 219 Å². The molecule has 5 heterocycles. The summed E-state index contributed by atoms with van der Waals surface area (Å²) in [7, 11) is 0. The Balaban J connectivity index is 1.15. The summed E-state index contributed by atoms with van der Waals surface area (Å²) in [6.45, 7) is 5.07. The van der Waals surface area contributed by atoms with Crippen molar-refractivity contribution in [3.05, 3.63) is 30.5 Å². The van der Waals surface area contributed by atoms with Gasteiger partial charge in [-0.25, -0.2) is 9.37 Å². The minimum atomic E-state index is -1.01. The molecule has 4 atom stereocenters. The number of rotatable bonds is 5. The van der Waals surface area contributed by atoms with Gasteiger partial charge in [-0.3, -0.25) is 0 Å². The van der Waals surface area contributed by atoms with Crippen LogP contribution in [0.25, 0.3) is 22.6 Å². The molecule has 1 saturated carbocycles. The Hall–Kier alpha value is -3.60. The molecule has 0 spiro atoms. The van der Waals surface area contributed by atoms with Crippen molar-refractivity contribution in [2.24, 2.45) is 0 Å². The minimum Gasteiger partial charge on any atom is -0.507 e. The lowest BCUT2D eigenvalue weighted by Gasteiger charge is -2.48. The second-order valence-electron chi connectivity index (χ2n) is 11.4. The van der Waals surface area contributed by atoms with Crippen LogP contribution >= 0.6 is 0 Å². The van der Waals surface area contributed by atoms with E-state index in [1.165, 1.54) is 0 Å². The summed E-state index contributed by atoms with van der Waals surface area (Å²) >= 11 is 0. The third-order valence-corrected chi connectivity index (χ3v) is 8.34. The molecule has 0 unspecified atom stereocenters. The lowest BCUT2D eigenvalue weighted by Crippen LogP contribution is -2.66. The van der Waals surface area contributed by atoms with Gasteiger partial charge < -0.3 is 24.8 Å². The molecule has 0 amide bonds. The van der Waals surface area contributed by atoms with E-state index in [4.69, 9.17) is 9.47 Å². The highest BCUT2D eigenvalue weighted by Crippen LogP contribution is 2.48. The highest BCUT2D eigenvalue weighted by Gasteiger charge is 2.58. The fourth-order valence-corrected chi connectivity index (χ4v) is 6.31. The van der Waals surface area contributed by atoms with E-state index in [-0.39, 0.29) is 23.4 Å². The Morgan fingerprint density at radius 3 is 2.66 bits per heavy atom. The molecule has 2 saturated heterocycles. The number of benzene rings is 1. The molecule has 2 N–H and O–H groups in total. The largest absolute Gasteiger partial charge is 0.507 e. The number of alkyl halides is 1. The maximum absolute atomic E-state index is 15.9. The van der Waals surface area contributed by atoms with E-state index in [1.807, 2.05) is 13.0 Å². The lowest BCUT2D eigenvalue weighted by molar-refractivity contribution is 0.0831. The molecule has 198 valence electrons. The summed E-state index contributed by atoms with van der Waals surface area (Å²) < 4.78 is 26.9. The lowest BCUT2D eigenvalue weighted by atomic mass is 9.82. The maximum atomic E-state index is 15.9. The average molecular weight is 520 g/mol. The SMILES string of the molecule is C[C@]12CC[C@](C)(N1)[C@H](F)[C@H](N(c1cnc(-c3ccc(-c4cc5c(nn4)OCCO5)cc3O)nn1)C1CC1)C2. The molecule has 1 aromatic carbocycles. The van der Waals surface area contributed by atoms with Gasteiger partial charge in [-0.2, -0.15) is 0 Å². The Bertz CT molecular complexity index is 1390. The molecule has 2 aromatic heterocycles. The highest BCUT2D eigenvalue weighted by molar-refractivity contribution is 5.72. The summed E-state index contributed by atoms with van der Waals surface area (Å²) in [6, 6.07) is 6.84. The van der Waals surface area contributed by atoms with Crippen LogP contribution in [0.15, 0.2) is 30.5 Å². The van der Waals surface area contributed by atoms with Crippen molar-refractivity contribution in [1.29, 1.82) is 0 Å². The Morgan fingerprint density at radius 2 is 1.89 bits per heavy atom. The molecule has 3 aromatic rings. The number of hydrogen-bond donors (Lipinski definition) is 2. The molecule has 7 rings (SSSR count). The van der Waals surface area contributed by atoms with Gasteiger partial charge in [0.25, 0.3) is 5.88 Å². The first-order chi connectivity index (χ1) is 18.3. The molecule has 3 fully saturated rings. The number of ether oxygens (including phenoxy) is 2. The smallest absolute Gasteiger partial charge is 0.276 e. The van der Waals surface area contributed by atoms with Crippen LogP contribution in [0.2, 0.25) is 0 Å². The van der Waals surface area contributed by atoms with E-state index in [9.17, 15) is 5.11 Å². The third-order valence-electron chi connectivity index (χ3n) is 8.34. The van der Waals surface area contributed by atoms with E-state index in [0.29, 0.717) is 59.7 Å². The number of aromatic nitrogens is 5. The van der Waals surface area contributed by atoms with E-state index in [0.717, 1.165) is 25.7 Å². The molecule has 4 aliphatic rings. The number of piperidine rings is 1. The molecule has 11 heteroatoms. The van der Waals surface area contributed by atoms with E-state index in [1.54, 1.807) is 24.4 Å². The quantitative estimate of drug-likeness (QED) is 0.519. The Kier molecular flexibility index (Phi) is 5.23. The van der Waals surface area contributed by atoms with Gasteiger partial charge in [-0.15, -0.1) is 20.4 Å². The van der Waals surface area contributed by atoms with Crippen molar-refractivity contribution in [3.63, 3.8) is 0 Å². The van der Waals surface area contributed by atoms with Crippen molar-refractivity contribution in [1.82, 2.24) is 30.7 Å². The van der Waals surface area contributed by atoms with Crippen LogP contribution in [0, 0.1) is 0 Å². The van der Waals surface area contributed by atoms with E-state index < -0.39 is 11.7 Å². The Morgan fingerprint density at radius 1 is 1.05 bits per heavy atom. The normalized spacial score (nSPS) is 29.8. The van der Waals surface area contributed by atoms with Gasteiger partial charge in [-0.1, -0.05) is 6.07 Å². The first kappa shape index (κ1) is 23.5. The zero-order valence-corrected chi connectivity index (χ0v) is 21.4. The minimum absolute atomic E-state index is 0.00705. The second kappa shape index (κ2) is 8.45. The van der Waals surface area contributed by atoms with Gasteiger partial charge in [-0.05, 0) is 58.1 Å². The molecule has 0 radical (unpaired) electrons. The van der Waals surface area contributed by atoms with Gasteiger partial charge in [0.15, 0.2) is 17.4 Å². The van der Waals surface area contributed by atoms with Gasteiger partial charge >= 0.3 is 0 Å². The maximum Gasteiger partial charge on any atom is 0.276 e. The fourth-order valence-electron chi connectivity index (χ4n) is 6.31. The summed E-state index contributed by atoms with van der Waals surface area (Å²) in [5.41, 5.74) is 1.05. The van der Waals surface area contributed by atoms with Crippen LogP contribution in [0.5, 0.6) is 17.4 Å². The zero-order chi connectivity index (χ0) is 26.1. The van der Waals surface area contributed by atoms with Crippen LogP contribution in [0.4, 0.5) is 10.2 Å². The first-order valence-corrected chi connectivity index (χ1v) is 13.2. The predicted molar refractivity (Wildman–Crippen MR) is 137 cm³/mol. The van der Waals surface area contributed by atoms with Crippen molar-refractivity contribution in [2.75, 3.05) is 18.1 Å². The molecule has 1 aliphatic carbocycles. The van der Waals surface area contributed by atoms with E-state index >= 15 is 4.39 Å². The summed E-state index contributed by atoms with van der Waals surface area (Å²) in [6.07, 6.45) is 5.18. The number of fused-ring (bicyclic) bond motifs is 3. The van der Waals surface area contributed by atoms with Crippen molar-refractivity contribution in [2.45, 2.75) is 75.3 Å². The predicted octanol–water partition coefficient (Wildman–Crippen LogP) is 3.45. The van der Waals surface area contributed by atoms with Crippen LogP contribution in [0.3, 0.4) is 0 Å². The fraction of sp³-hybridized carbons (Fsp3) is 0.519. The number of nitrogens with zero attached hydrogens (tertiary/aromatic N) is 6. The highest BCUT2D eigenvalue weighted by atomic mass is 19.1. The standard InChI is InChI=1S/C27H30FN7O3/c1-26-7-8-27(2,34-26)23(28)19(13-26)35(16-4-5-16)22-14-29-24(32-31-22)17-6-3-15(11-20(17)36)18-12-21-25(33-30-18)38-10-9-37-21/h3,6,11-12,14,16,19,23,34,36H,4-5,7-10,13H2,1-2H3/t19-,23-,26-,27+/m1/s1. The van der Waals surface area contributed by atoms with Gasteiger partial charge in [0.05, 0.1) is 23.5 Å². The van der Waals surface area contributed by atoms with Crippen LogP contribution < -0.4 is 19.7 Å². The first-order valence-electron chi connectivity index (χ1n) is 13.2. The molecule has 3 aliphatic heterocycles. The number of anilines is 1. The summed E-state index contributed by atoms with van der Waals surface area (Å²) in [5, 5.41) is 31.4. The molecular formula is C27H30FN7O3. The second-order valence-corrected chi connectivity index (χ2v) is 11.4. The average Bonchev–Trinajstić information content (AvgIpc) is 3.72. The third kappa shape index (κ3) is 3.91. The number of hydrogen-bond acceptors (Lipinski definition) is 10. The number of aromatic hydroxyl groups is 1. The zero-order valence-electron chi connectivity index (χ0n) is 21.4. The molecule has 10 nitrogen and oxygen atoms in total. The van der Waals surface area contributed by atoms with E-state index in [2.05, 4.69) is 42.5 Å². The van der Waals surface area contributed by atoms with Crippen molar-refractivity contribution in [3.8, 4) is 40.0 Å². The topological polar surface area (TPSA) is 118 Å². The van der Waals surface area contributed by atoms with Gasteiger partial charge in [0.1, 0.15) is 25.1 Å². The monoisotopic (exact) mass is 519 g/mol. The number of halogens is 1. The number of phenolic OH excluding ortho intramolecular Hbond substituents is 1. The molecular weight excluding hydrogens is 489 g/mol. The van der Waals surface area contributed by atoms with Gasteiger partial charge in [0, 0.05) is 28.7 Å².